The van der Waals surface area contributed by atoms with Gasteiger partial charge in [0.05, 0.1) is 22.6 Å². The van der Waals surface area contributed by atoms with E-state index in [1.54, 1.807) is 12.1 Å². The van der Waals surface area contributed by atoms with Crippen molar-refractivity contribution in [3.8, 4) is 6.07 Å². The normalized spacial score (nSPS) is 15.7. The molecule has 152 valence electrons. The van der Waals surface area contributed by atoms with Crippen LogP contribution in [0.4, 0.5) is 0 Å². The van der Waals surface area contributed by atoms with Gasteiger partial charge in [0.25, 0.3) is 0 Å². The van der Waals surface area contributed by atoms with Crippen molar-refractivity contribution < 1.29 is 8.42 Å². The van der Waals surface area contributed by atoms with E-state index in [9.17, 15) is 8.42 Å². The van der Waals surface area contributed by atoms with Crippen LogP contribution in [0.5, 0.6) is 0 Å². The number of benzene rings is 3. The lowest BCUT2D eigenvalue weighted by atomic mass is 9.96. The quantitative estimate of drug-likeness (QED) is 0.636. The first-order valence-electron chi connectivity index (χ1n) is 9.94. The van der Waals surface area contributed by atoms with Gasteiger partial charge in [-0.25, -0.2) is 8.42 Å². The minimum Gasteiger partial charge on any atom is -0.290 e. The summed E-state index contributed by atoms with van der Waals surface area (Å²) in [7, 11) is -3.57. The molecule has 4 rings (SSSR count). The zero-order valence-electron chi connectivity index (χ0n) is 16.6. The average Bonchev–Trinajstić information content (AvgIpc) is 2.81. The van der Waals surface area contributed by atoms with Crippen molar-refractivity contribution in [2.24, 2.45) is 0 Å². The molecule has 1 aliphatic rings. The maximum absolute atomic E-state index is 13.0. The first kappa shape index (κ1) is 20.3. The molecule has 0 saturated carbocycles. The van der Waals surface area contributed by atoms with Gasteiger partial charge in [-0.1, -0.05) is 60.7 Å². The predicted octanol–water partition coefficient (Wildman–Crippen LogP) is 3.65. The number of rotatable bonds is 5. The second kappa shape index (κ2) is 8.80. The summed E-state index contributed by atoms with van der Waals surface area (Å²) in [5, 5.41) is 8.93. The van der Waals surface area contributed by atoms with Gasteiger partial charge in [-0.15, -0.1) is 0 Å². The summed E-state index contributed by atoms with van der Waals surface area (Å²) in [6.45, 7) is 2.14. The second-order valence-electron chi connectivity index (χ2n) is 7.30. The summed E-state index contributed by atoms with van der Waals surface area (Å²) in [6, 6.07) is 28.9. The fourth-order valence-corrected chi connectivity index (χ4v) is 5.36. The molecule has 0 spiro atoms. The first-order valence-corrected chi connectivity index (χ1v) is 11.4. The topological polar surface area (TPSA) is 64.4 Å². The van der Waals surface area contributed by atoms with E-state index in [0.717, 1.165) is 0 Å². The van der Waals surface area contributed by atoms with Crippen LogP contribution < -0.4 is 0 Å². The van der Waals surface area contributed by atoms with Gasteiger partial charge < -0.3 is 0 Å². The first-order chi connectivity index (χ1) is 14.6. The molecule has 0 radical (unpaired) electrons. The van der Waals surface area contributed by atoms with Crippen molar-refractivity contribution in [2.75, 3.05) is 26.2 Å². The van der Waals surface area contributed by atoms with Gasteiger partial charge in [-0.3, -0.25) is 4.90 Å². The molecule has 6 heteroatoms. The van der Waals surface area contributed by atoms with Crippen LogP contribution in [0, 0.1) is 11.3 Å². The van der Waals surface area contributed by atoms with Crippen molar-refractivity contribution in [2.45, 2.75) is 10.9 Å². The van der Waals surface area contributed by atoms with E-state index in [-0.39, 0.29) is 10.9 Å². The zero-order valence-corrected chi connectivity index (χ0v) is 17.4. The second-order valence-corrected chi connectivity index (χ2v) is 9.24. The Morgan fingerprint density at radius 3 is 1.70 bits per heavy atom. The molecule has 0 unspecified atom stereocenters. The summed E-state index contributed by atoms with van der Waals surface area (Å²) in [6.07, 6.45) is 0. The zero-order chi connectivity index (χ0) is 21.0. The third-order valence-electron chi connectivity index (χ3n) is 5.49. The van der Waals surface area contributed by atoms with Gasteiger partial charge >= 0.3 is 0 Å². The Balaban J connectivity index is 1.54. The highest BCUT2D eigenvalue weighted by atomic mass is 32.2. The van der Waals surface area contributed by atoms with Crippen molar-refractivity contribution in [1.82, 2.24) is 9.21 Å². The third-order valence-corrected chi connectivity index (χ3v) is 7.40. The van der Waals surface area contributed by atoms with Crippen LogP contribution in [-0.4, -0.2) is 43.8 Å². The largest absolute Gasteiger partial charge is 0.290 e. The molecule has 5 nitrogen and oxygen atoms in total. The molecule has 1 fully saturated rings. The highest BCUT2D eigenvalue weighted by molar-refractivity contribution is 7.89. The lowest BCUT2D eigenvalue weighted by molar-refractivity contribution is 0.156. The van der Waals surface area contributed by atoms with Crippen LogP contribution >= 0.6 is 0 Å². The van der Waals surface area contributed by atoms with E-state index in [4.69, 9.17) is 5.26 Å². The Bertz CT molecular complexity index is 1080. The van der Waals surface area contributed by atoms with E-state index in [1.807, 2.05) is 42.5 Å². The highest BCUT2D eigenvalue weighted by Crippen LogP contribution is 2.30. The van der Waals surface area contributed by atoms with Gasteiger partial charge in [-0.05, 0) is 35.4 Å². The summed E-state index contributed by atoms with van der Waals surface area (Å²) in [5.41, 5.74) is 2.85. The standard InChI is InChI=1S/C24H23N3O2S/c25-19-20-11-13-23(14-12-20)30(28,29)27-17-15-26(16-18-27)24(21-7-3-1-4-8-21)22-9-5-2-6-10-22/h1-14,24H,15-18H2. The van der Waals surface area contributed by atoms with Crippen molar-refractivity contribution in [3.63, 3.8) is 0 Å². The molecular weight excluding hydrogens is 394 g/mol. The van der Waals surface area contributed by atoms with Crippen LogP contribution in [-0.2, 0) is 10.0 Å². The van der Waals surface area contributed by atoms with Crippen LogP contribution in [0.15, 0.2) is 89.8 Å². The molecule has 0 aromatic heterocycles. The molecule has 0 atom stereocenters. The van der Waals surface area contributed by atoms with Gasteiger partial charge in [0, 0.05) is 26.2 Å². The molecule has 0 bridgehead atoms. The van der Waals surface area contributed by atoms with Gasteiger partial charge in [0.2, 0.25) is 10.0 Å². The van der Waals surface area contributed by atoms with E-state index >= 15 is 0 Å². The molecular formula is C24H23N3O2S. The van der Waals surface area contributed by atoms with Crippen LogP contribution in [0.3, 0.4) is 0 Å². The SMILES string of the molecule is N#Cc1ccc(S(=O)(=O)N2CCN(C(c3ccccc3)c3ccccc3)CC2)cc1. The summed E-state index contributed by atoms with van der Waals surface area (Å²) in [4.78, 5) is 2.58. The summed E-state index contributed by atoms with van der Waals surface area (Å²) in [5.74, 6) is 0. The van der Waals surface area contributed by atoms with Gasteiger partial charge in [0.15, 0.2) is 0 Å². The molecule has 1 saturated heterocycles. The van der Waals surface area contributed by atoms with Crippen LogP contribution in [0.25, 0.3) is 0 Å². The van der Waals surface area contributed by atoms with Crippen molar-refractivity contribution in [3.05, 3.63) is 102 Å². The maximum Gasteiger partial charge on any atom is 0.243 e. The van der Waals surface area contributed by atoms with E-state index in [0.29, 0.717) is 31.7 Å². The summed E-state index contributed by atoms with van der Waals surface area (Å²) < 4.78 is 27.6. The molecule has 30 heavy (non-hydrogen) atoms. The van der Waals surface area contributed by atoms with Gasteiger partial charge in [-0.2, -0.15) is 9.57 Å². The van der Waals surface area contributed by atoms with Crippen LogP contribution in [0.1, 0.15) is 22.7 Å². The molecule has 1 heterocycles. The van der Waals surface area contributed by atoms with Crippen LogP contribution in [0.2, 0.25) is 0 Å². The molecule has 1 aliphatic heterocycles. The minimum atomic E-state index is -3.57. The lowest BCUT2D eigenvalue weighted by Gasteiger charge is -2.39. The Labute approximate surface area is 177 Å². The molecule has 0 N–H and O–H groups in total. The van der Waals surface area contributed by atoms with Crippen molar-refractivity contribution >= 4 is 10.0 Å². The van der Waals surface area contributed by atoms with E-state index in [2.05, 4.69) is 29.2 Å². The number of hydrogen-bond acceptors (Lipinski definition) is 4. The van der Waals surface area contributed by atoms with E-state index < -0.39 is 10.0 Å². The van der Waals surface area contributed by atoms with E-state index in [1.165, 1.54) is 27.6 Å². The Kier molecular flexibility index (Phi) is 5.96. The Hall–Kier alpha value is -2.98. The minimum absolute atomic E-state index is 0.0900. The fraction of sp³-hybridized carbons (Fsp3) is 0.208. The summed E-state index contributed by atoms with van der Waals surface area (Å²) >= 11 is 0. The van der Waals surface area contributed by atoms with Gasteiger partial charge in [0.1, 0.15) is 0 Å². The molecule has 3 aromatic carbocycles. The molecule has 0 amide bonds. The number of nitriles is 1. The third kappa shape index (κ3) is 4.14. The molecule has 3 aromatic rings. The maximum atomic E-state index is 13.0. The average molecular weight is 418 g/mol. The number of sulfonamides is 1. The Morgan fingerprint density at radius 2 is 1.23 bits per heavy atom. The number of piperazine rings is 1. The lowest BCUT2D eigenvalue weighted by Crippen LogP contribution is -2.49. The fourth-order valence-electron chi connectivity index (χ4n) is 3.94. The predicted molar refractivity (Wildman–Crippen MR) is 116 cm³/mol. The Morgan fingerprint density at radius 1 is 0.733 bits per heavy atom. The number of hydrogen-bond donors (Lipinski definition) is 0. The van der Waals surface area contributed by atoms with Crippen molar-refractivity contribution in [1.29, 1.82) is 5.26 Å². The number of nitrogens with zero attached hydrogens (tertiary/aromatic N) is 3. The molecule has 0 aliphatic carbocycles. The smallest absolute Gasteiger partial charge is 0.243 e. The monoisotopic (exact) mass is 417 g/mol. The highest BCUT2D eigenvalue weighted by Gasteiger charge is 2.32.